The summed E-state index contributed by atoms with van der Waals surface area (Å²) in [5.74, 6) is 0.937. The van der Waals surface area contributed by atoms with E-state index in [-0.39, 0.29) is 12.0 Å². The fourth-order valence-electron chi connectivity index (χ4n) is 2.04. The predicted molar refractivity (Wildman–Crippen MR) is 74.5 cm³/mol. The minimum Gasteiger partial charge on any atom is -0.497 e. The van der Waals surface area contributed by atoms with Crippen molar-refractivity contribution in [2.75, 3.05) is 40.5 Å². The number of amides is 1. The molecule has 0 radical (unpaired) electrons. The highest BCUT2D eigenvalue weighted by molar-refractivity contribution is 5.97. The average Bonchev–Trinajstić information content (AvgIpc) is 2.52. The number of carbonyl (C=O) groups excluding carboxylic acids is 1. The average molecular weight is 280 g/mol. The fourth-order valence-corrected chi connectivity index (χ4v) is 2.04. The van der Waals surface area contributed by atoms with Gasteiger partial charge >= 0.3 is 0 Å². The molecule has 1 amide bonds. The van der Waals surface area contributed by atoms with Crippen LogP contribution in [0.15, 0.2) is 18.2 Å². The number of hydrogen-bond acceptors (Lipinski definition) is 5. The van der Waals surface area contributed by atoms with Gasteiger partial charge in [-0.25, -0.2) is 0 Å². The molecule has 0 spiro atoms. The Morgan fingerprint density at radius 1 is 1.45 bits per heavy atom. The summed E-state index contributed by atoms with van der Waals surface area (Å²) in [5.41, 5.74) is 0.454. The molecule has 20 heavy (non-hydrogen) atoms. The predicted octanol–water partition coefficient (Wildman–Crippen LogP) is 0.422. The van der Waals surface area contributed by atoms with E-state index in [0.29, 0.717) is 30.2 Å². The van der Waals surface area contributed by atoms with E-state index in [1.165, 1.54) is 7.11 Å². The lowest BCUT2D eigenvalue weighted by Crippen LogP contribution is -2.45. The van der Waals surface area contributed by atoms with E-state index < -0.39 is 0 Å². The Labute approximate surface area is 118 Å². The zero-order valence-electron chi connectivity index (χ0n) is 11.8. The van der Waals surface area contributed by atoms with Crippen LogP contribution in [-0.2, 0) is 4.74 Å². The minimum absolute atomic E-state index is 0.00398. The van der Waals surface area contributed by atoms with Crippen LogP contribution in [0.2, 0.25) is 0 Å². The van der Waals surface area contributed by atoms with Gasteiger partial charge in [0.1, 0.15) is 11.5 Å². The van der Waals surface area contributed by atoms with Crippen LogP contribution in [0.1, 0.15) is 10.4 Å². The lowest BCUT2D eigenvalue weighted by molar-refractivity contribution is 0.0287. The van der Waals surface area contributed by atoms with Crippen molar-refractivity contribution in [2.45, 2.75) is 6.10 Å². The van der Waals surface area contributed by atoms with Crippen molar-refractivity contribution < 1.29 is 19.0 Å². The quantitative estimate of drug-likeness (QED) is 0.818. The van der Waals surface area contributed by atoms with Crippen molar-refractivity contribution in [3.8, 4) is 11.5 Å². The summed E-state index contributed by atoms with van der Waals surface area (Å²) in [6, 6.07) is 5.13. The molecule has 1 saturated heterocycles. The highest BCUT2D eigenvalue weighted by atomic mass is 16.5. The van der Waals surface area contributed by atoms with Gasteiger partial charge in [-0.1, -0.05) is 0 Å². The maximum absolute atomic E-state index is 12.2. The van der Waals surface area contributed by atoms with Crippen LogP contribution in [0.4, 0.5) is 0 Å². The van der Waals surface area contributed by atoms with Crippen molar-refractivity contribution >= 4 is 5.91 Å². The third-order valence-corrected chi connectivity index (χ3v) is 3.15. The molecule has 6 nitrogen and oxygen atoms in total. The molecule has 0 bridgehead atoms. The van der Waals surface area contributed by atoms with Crippen molar-refractivity contribution in [3.63, 3.8) is 0 Å². The van der Waals surface area contributed by atoms with Gasteiger partial charge < -0.3 is 24.8 Å². The third kappa shape index (κ3) is 3.61. The Balaban J connectivity index is 2.00. The van der Waals surface area contributed by atoms with Gasteiger partial charge in [-0.3, -0.25) is 4.79 Å². The first kappa shape index (κ1) is 14.6. The molecule has 1 atom stereocenters. The minimum atomic E-state index is -0.199. The van der Waals surface area contributed by atoms with Gasteiger partial charge in [-0.2, -0.15) is 0 Å². The molecular weight excluding hydrogens is 260 g/mol. The number of nitrogens with one attached hydrogen (secondary N) is 2. The van der Waals surface area contributed by atoms with Crippen molar-refractivity contribution in [1.82, 2.24) is 10.6 Å². The van der Waals surface area contributed by atoms with Gasteiger partial charge in [-0.15, -0.1) is 0 Å². The van der Waals surface area contributed by atoms with E-state index >= 15 is 0 Å². The Kier molecular flexibility index (Phi) is 5.20. The molecule has 0 aromatic heterocycles. The van der Waals surface area contributed by atoms with Crippen LogP contribution in [0.25, 0.3) is 0 Å². The number of morpholine rings is 1. The van der Waals surface area contributed by atoms with Gasteiger partial charge in [0.05, 0.1) is 32.5 Å². The zero-order chi connectivity index (χ0) is 14.4. The number of hydrogen-bond donors (Lipinski definition) is 2. The highest BCUT2D eigenvalue weighted by Crippen LogP contribution is 2.23. The summed E-state index contributed by atoms with van der Waals surface area (Å²) >= 11 is 0. The Morgan fingerprint density at radius 3 is 2.95 bits per heavy atom. The molecule has 110 valence electrons. The monoisotopic (exact) mass is 280 g/mol. The molecule has 1 heterocycles. The number of methoxy groups -OCH3 is 2. The SMILES string of the molecule is COc1ccc(OC)c(C(=O)NCC2CNCCO2)c1. The largest absolute Gasteiger partial charge is 0.497 e. The lowest BCUT2D eigenvalue weighted by Gasteiger charge is -2.23. The smallest absolute Gasteiger partial charge is 0.255 e. The van der Waals surface area contributed by atoms with E-state index in [4.69, 9.17) is 14.2 Å². The van der Waals surface area contributed by atoms with Crippen LogP contribution in [0, 0.1) is 0 Å². The second kappa shape index (κ2) is 7.12. The second-order valence-electron chi connectivity index (χ2n) is 4.47. The van der Waals surface area contributed by atoms with Crippen LogP contribution >= 0.6 is 0 Å². The van der Waals surface area contributed by atoms with Crippen molar-refractivity contribution in [1.29, 1.82) is 0 Å². The number of rotatable bonds is 5. The maximum atomic E-state index is 12.2. The molecular formula is C14H20N2O4. The van der Waals surface area contributed by atoms with Crippen LogP contribution < -0.4 is 20.1 Å². The van der Waals surface area contributed by atoms with Gasteiger partial charge in [0.25, 0.3) is 5.91 Å². The van der Waals surface area contributed by atoms with Crippen molar-refractivity contribution in [2.24, 2.45) is 0 Å². The fraction of sp³-hybridized carbons (Fsp3) is 0.500. The van der Waals surface area contributed by atoms with Crippen molar-refractivity contribution in [3.05, 3.63) is 23.8 Å². The van der Waals surface area contributed by atoms with Crippen LogP contribution in [0.3, 0.4) is 0 Å². The van der Waals surface area contributed by atoms with Gasteiger partial charge in [0.2, 0.25) is 0 Å². The Morgan fingerprint density at radius 2 is 2.30 bits per heavy atom. The molecule has 1 aliphatic heterocycles. The molecule has 1 fully saturated rings. The molecule has 0 saturated carbocycles. The maximum Gasteiger partial charge on any atom is 0.255 e. The highest BCUT2D eigenvalue weighted by Gasteiger charge is 2.17. The normalized spacial score (nSPS) is 18.4. The van der Waals surface area contributed by atoms with E-state index in [2.05, 4.69) is 10.6 Å². The molecule has 2 N–H and O–H groups in total. The zero-order valence-corrected chi connectivity index (χ0v) is 11.8. The molecule has 1 unspecified atom stereocenters. The van der Waals surface area contributed by atoms with E-state index in [0.717, 1.165) is 13.1 Å². The van der Waals surface area contributed by atoms with E-state index in [1.807, 2.05) is 0 Å². The Hall–Kier alpha value is -1.79. The topological polar surface area (TPSA) is 68.8 Å². The van der Waals surface area contributed by atoms with E-state index in [9.17, 15) is 4.79 Å². The molecule has 0 aliphatic carbocycles. The van der Waals surface area contributed by atoms with E-state index in [1.54, 1.807) is 25.3 Å². The molecule has 1 aliphatic rings. The van der Waals surface area contributed by atoms with Gasteiger partial charge in [-0.05, 0) is 18.2 Å². The molecule has 1 aromatic carbocycles. The summed E-state index contributed by atoms with van der Waals surface area (Å²) in [5, 5.41) is 6.07. The first-order chi connectivity index (χ1) is 9.74. The third-order valence-electron chi connectivity index (χ3n) is 3.15. The van der Waals surface area contributed by atoms with Crippen LogP contribution in [-0.4, -0.2) is 52.5 Å². The molecule has 6 heteroatoms. The Bertz CT molecular complexity index is 458. The lowest BCUT2D eigenvalue weighted by atomic mass is 10.1. The first-order valence-corrected chi connectivity index (χ1v) is 6.57. The van der Waals surface area contributed by atoms with Crippen LogP contribution in [0.5, 0.6) is 11.5 Å². The summed E-state index contributed by atoms with van der Waals surface area (Å²) in [7, 11) is 3.10. The van der Waals surface area contributed by atoms with Gasteiger partial charge in [0.15, 0.2) is 0 Å². The number of benzene rings is 1. The summed E-state index contributed by atoms with van der Waals surface area (Å²) in [4.78, 5) is 12.2. The second-order valence-corrected chi connectivity index (χ2v) is 4.47. The number of ether oxygens (including phenoxy) is 3. The first-order valence-electron chi connectivity index (χ1n) is 6.57. The molecule has 2 rings (SSSR count). The summed E-state index contributed by atoms with van der Waals surface area (Å²) in [6.07, 6.45) is 0.00398. The molecule has 1 aromatic rings. The summed E-state index contributed by atoms with van der Waals surface area (Å²) < 4.78 is 15.9. The summed E-state index contributed by atoms with van der Waals surface area (Å²) in [6.45, 7) is 2.74. The number of carbonyl (C=O) groups is 1. The van der Waals surface area contributed by atoms with Gasteiger partial charge in [0, 0.05) is 19.6 Å². The standard InChI is InChI=1S/C14H20N2O4/c1-18-10-3-4-13(19-2)12(7-10)14(17)16-9-11-8-15-5-6-20-11/h3-4,7,11,15H,5-6,8-9H2,1-2H3,(H,16,17).